The lowest BCUT2D eigenvalue weighted by Crippen LogP contribution is -2.25. The summed E-state index contributed by atoms with van der Waals surface area (Å²) in [5.74, 6) is 0.400. The molecule has 0 radical (unpaired) electrons. The maximum Gasteiger partial charge on any atom is 0.357 e. The molecule has 2 heterocycles. The molecule has 0 saturated heterocycles. The van der Waals surface area contributed by atoms with E-state index in [1.165, 1.54) is 23.9 Å². The first-order valence-corrected chi connectivity index (χ1v) is 8.34. The van der Waals surface area contributed by atoms with E-state index < -0.39 is 21.9 Å². The minimum Gasteiger partial charge on any atom is -0.450 e. The first-order valence-electron chi connectivity index (χ1n) is 7.15. The second-order valence-corrected chi connectivity index (χ2v) is 6.49. The van der Waals surface area contributed by atoms with E-state index in [4.69, 9.17) is 16.0 Å². The number of nitrogens with one attached hydrogen (secondary N) is 2. The molecule has 0 spiro atoms. The Labute approximate surface area is 154 Å². The Bertz CT molecular complexity index is 1100. The zero-order valence-electron chi connectivity index (χ0n) is 12.9. The Kier molecular flexibility index (Phi) is 5.10. The number of H-pyrrole nitrogens is 2. The van der Waals surface area contributed by atoms with Crippen molar-refractivity contribution in [2.24, 2.45) is 0 Å². The fraction of sp³-hybridized carbons (Fsp3) is 0. The Morgan fingerprint density at radius 3 is 2.50 bits per heavy atom. The van der Waals surface area contributed by atoms with Gasteiger partial charge in [0.1, 0.15) is 11.5 Å². The summed E-state index contributed by atoms with van der Waals surface area (Å²) in [6.45, 7) is 0. The van der Waals surface area contributed by atoms with Gasteiger partial charge in [0.2, 0.25) is 0 Å². The maximum atomic E-state index is 11.6. The number of aromatic amines is 2. The lowest BCUT2D eigenvalue weighted by Gasteiger charge is -1.97. The fourth-order valence-corrected chi connectivity index (χ4v) is 2.97. The van der Waals surface area contributed by atoms with Gasteiger partial charge in [0, 0.05) is 9.92 Å². The van der Waals surface area contributed by atoms with E-state index in [2.05, 4.69) is 4.98 Å². The molecule has 0 aliphatic carbocycles. The van der Waals surface area contributed by atoms with Crippen molar-refractivity contribution in [2.75, 3.05) is 0 Å². The standard InChI is InChI=1S/C16H10ClN3O5S/c17-9-1-5-11(6-2-9)26-13-8-4-10(25-13)3-7-12-14(20(23)24)15(21)19-16(22)18-12/h1-8H,(H2,18,19,21,22)/b7-3+. The van der Waals surface area contributed by atoms with Crippen molar-refractivity contribution in [1.29, 1.82) is 0 Å². The Hall–Kier alpha value is -3.04. The van der Waals surface area contributed by atoms with Gasteiger partial charge in [0.05, 0.1) is 4.92 Å². The number of rotatable bonds is 5. The molecule has 0 aliphatic rings. The van der Waals surface area contributed by atoms with Crippen molar-refractivity contribution in [3.8, 4) is 0 Å². The predicted octanol–water partition coefficient (Wildman–Crippen LogP) is 3.54. The number of nitrogens with zero attached hydrogens (tertiary/aromatic N) is 1. The van der Waals surface area contributed by atoms with Gasteiger partial charge >= 0.3 is 16.9 Å². The lowest BCUT2D eigenvalue weighted by molar-refractivity contribution is -0.386. The molecule has 1 aromatic carbocycles. The first kappa shape index (κ1) is 17.8. The average molecular weight is 392 g/mol. The third-order valence-corrected chi connectivity index (χ3v) is 4.36. The van der Waals surface area contributed by atoms with E-state index in [1.807, 2.05) is 17.1 Å². The molecule has 3 aromatic rings. The van der Waals surface area contributed by atoms with Crippen LogP contribution in [0.5, 0.6) is 0 Å². The fourth-order valence-electron chi connectivity index (χ4n) is 2.06. The molecule has 0 fully saturated rings. The van der Waals surface area contributed by atoms with Gasteiger partial charge in [0.15, 0.2) is 5.09 Å². The van der Waals surface area contributed by atoms with Crippen LogP contribution in [-0.2, 0) is 0 Å². The lowest BCUT2D eigenvalue weighted by atomic mass is 10.3. The summed E-state index contributed by atoms with van der Waals surface area (Å²) in [7, 11) is 0. The third kappa shape index (κ3) is 4.13. The van der Waals surface area contributed by atoms with Gasteiger partial charge in [-0.2, -0.15) is 0 Å². The number of aromatic nitrogens is 2. The second-order valence-electron chi connectivity index (χ2n) is 4.97. The molecule has 0 unspecified atom stereocenters. The molecular weight excluding hydrogens is 382 g/mol. The zero-order chi connectivity index (χ0) is 18.7. The summed E-state index contributed by atoms with van der Waals surface area (Å²) in [6, 6.07) is 10.6. The van der Waals surface area contributed by atoms with E-state index in [9.17, 15) is 19.7 Å². The van der Waals surface area contributed by atoms with Crippen LogP contribution in [0.25, 0.3) is 12.2 Å². The molecule has 0 bridgehead atoms. The molecule has 132 valence electrons. The monoisotopic (exact) mass is 391 g/mol. The number of nitro groups is 1. The van der Waals surface area contributed by atoms with E-state index >= 15 is 0 Å². The SMILES string of the molecule is O=c1[nH]c(/C=C/c2ccc(Sc3ccc(Cl)cc3)o2)c([N+](=O)[O-])c(=O)[nH]1. The van der Waals surface area contributed by atoms with Gasteiger partial charge < -0.3 is 9.40 Å². The number of hydrogen-bond acceptors (Lipinski definition) is 6. The summed E-state index contributed by atoms with van der Waals surface area (Å²) < 4.78 is 5.60. The van der Waals surface area contributed by atoms with E-state index in [0.717, 1.165) is 4.90 Å². The van der Waals surface area contributed by atoms with E-state index in [1.54, 1.807) is 24.3 Å². The highest BCUT2D eigenvalue weighted by Crippen LogP contribution is 2.30. The molecule has 2 N–H and O–H groups in total. The number of halogens is 1. The van der Waals surface area contributed by atoms with Crippen LogP contribution in [0.4, 0.5) is 5.69 Å². The smallest absolute Gasteiger partial charge is 0.357 e. The molecule has 8 nitrogen and oxygen atoms in total. The van der Waals surface area contributed by atoms with Crippen LogP contribution in [0.2, 0.25) is 5.02 Å². The van der Waals surface area contributed by atoms with Crippen LogP contribution in [0.3, 0.4) is 0 Å². The van der Waals surface area contributed by atoms with E-state index in [-0.39, 0.29) is 5.69 Å². The largest absolute Gasteiger partial charge is 0.450 e. The second kappa shape index (κ2) is 7.46. The molecule has 0 amide bonds. The highest BCUT2D eigenvalue weighted by atomic mass is 35.5. The van der Waals surface area contributed by atoms with Crippen LogP contribution in [0, 0.1) is 10.1 Å². The Balaban J connectivity index is 1.83. The molecule has 0 atom stereocenters. The number of benzene rings is 1. The van der Waals surface area contributed by atoms with Gasteiger partial charge in [-0.25, -0.2) is 4.79 Å². The number of furan rings is 1. The van der Waals surface area contributed by atoms with Crippen molar-refractivity contribution in [3.05, 3.63) is 83.8 Å². The molecule has 0 saturated carbocycles. The van der Waals surface area contributed by atoms with Crippen LogP contribution in [0.1, 0.15) is 11.5 Å². The molecule has 10 heteroatoms. The van der Waals surface area contributed by atoms with Gasteiger partial charge in [-0.1, -0.05) is 23.4 Å². The highest BCUT2D eigenvalue weighted by molar-refractivity contribution is 7.99. The average Bonchev–Trinajstić information content (AvgIpc) is 3.01. The molecule has 0 aliphatic heterocycles. The van der Waals surface area contributed by atoms with Crippen LogP contribution >= 0.6 is 23.4 Å². The molecule has 3 rings (SSSR count). The summed E-state index contributed by atoms with van der Waals surface area (Å²) in [6.07, 6.45) is 2.66. The van der Waals surface area contributed by atoms with Gasteiger partial charge in [-0.15, -0.1) is 0 Å². The van der Waals surface area contributed by atoms with Crippen LogP contribution in [-0.4, -0.2) is 14.9 Å². The number of hydrogen-bond donors (Lipinski definition) is 2. The highest BCUT2D eigenvalue weighted by Gasteiger charge is 2.18. The third-order valence-electron chi connectivity index (χ3n) is 3.18. The first-order chi connectivity index (χ1) is 12.4. The minimum absolute atomic E-state index is 0.216. The summed E-state index contributed by atoms with van der Waals surface area (Å²) in [5, 5.41) is 12.2. The van der Waals surface area contributed by atoms with Gasteiger partial charge in [-0.3, -0.25) is 19.9 Å². The zero-order valence-corrected chi connectivity index (χ0v) is 14.5. The van der Waals surface area contributed by atoms with Gasteiger partial charge in [-0.05, 0) is 48.6 Å². The van der Waals surface area contributed by atoms with Crippen molar-refractivity contribution in [1.82, 2.24) is 9.97 Å². The maximum absolute atomic E-state index is 11.6. The quantitative estimate of drug-likeness (QED) is 0.506. The Morgan fingerprint density at radius 2 is 1.81 bits per heavy atom. The summed E-state index contributed by atoms with van der Waals surface area (Å²) in [5.41, 5.74) is -2.87. The van der Waals surface area contributed by atoms with E-state index in [0.29, 0.717) is 15.9 Å². The van der Waals surface area contributed by atoms with Crippen molar-refractivity contribution in [2.45, 2.75) is 9.99 Å². The predicted molar refractivity (Wildman–Crippen MR) is 97.5 cm³/mol. The van der Waals surface area contributed by atoms with Gasteiger partial charge in [0.25, 0.3) is 0 Å². The molecule has 2 aromatic heterocycles. The summed E-state index contributed by atoms with van der Waals surface area (Å²) >= 11 is 7.21. The van der Waals surface area contributed by atoms with Crippen molar-refractivity contribution >= 4 is 41.2 Å². The van der Waals surface area contributed by atoms with Crippen molar-refractivity contribution in [3.63, 3.8) is 0 Å². The topological polar surface area (TPSA) is 122 Å². The van der Waals surface area contributed by atoms with Crippen molar-refractivity contribution < 1.29 is 9.34 Å². The normalized spacial score (nSPS) is 11.1. The molecule has 26 heavy (non-hydrogen) atoms. The summed E-state index contributed by atoms with van der Waals surface area (Å²) in [4.78, 5) is 38.0. The minimum atomic E-state index is -1.07. The van der Waals surface area contributed by atoms with Crippen LogP contribution in [0.15, 0.2) is 60.4 Å². The Morgan fingerprint density at radius 1 is 1.08 bits per heavy atom. The molecular formula is C16H10ClN3O5S. The van der Waals surface area contributed by atoms with Crippen LogP contribution < -0.4 is 11.2 Å².